The van der Waals surface area contributed by atoms with E-state index in [1.165, 1.54) is 24.3 Å². The average molecular weight is 269 g/mol. The second-order valence-corrected chi connectivity index (χ2v) is 5.73. The molecule has 7 nitrogen and oxygen atoms in total. The van der Waals surface area contributed by atoms with Crippen LogP contribution in [0.1, 0.15) is 6.92 Å². The molecule has 0 aliphatic carbocycles. The van der Waals surface area contributed by atoms with Crippen molar-refractivity contribution in [2.45, 2.75) is 17.4 Å². The topological polar surface area (TPSA) is 105 Å². The molecule has 0 bridgehead atoms. The van der Waals surface area contributed by atoms with Gasteiger partial charge in [-0.25, -0.2) is 8.42 Å². The van der Waals surface area contributed by atoms with Gasteiger partial charge < -0.3 is 9.47 Å². The molecule has 1 aromatic carbocycles. The van der Waals surface area contributed by atoms with Crippen LogP contribution < -0.4 is 4.74 Å². The maximum atomic E-state index is 11.4. The summed E-state index contributed by atoms with van der Waals surface area (Å²) in [5.41, 5.74) is 7.91. The van der Waals surface area contributed by atoms with Gasteiger partial charge in [-0.15, -0.1) is 0 Å². The van der Waals surface area contributed by atoms with Gasteiger partial charge in [0.15, 0.2) is 0 Å². The van der Waals surface area contributed by atoms with Crippen LogP contribution in [0, 0.1) is 0 Å². The molecule has 0 amide bonds. The second-order valence-electron chi connectivity index (χ2n) is 4.14. The van der Waals surface area contributed by atoms with E-state index in [9.17, 15) is 8.42 Å². The molecule has 1 fully saturated rings. The van der Waals surface area contributed by atoms with Crippen molar-refractivity contribution in [1.29, 1.82) is 0 Å². The lowest BCUT2D eigenvalue weighted by atomic mass is 10.2. The molecule has 1 heterocycles. The van der Waals surface area contributed by atoms with E-state index in [1.807, 2.05) is 6.92 Å². The number of nitrogens with zero attached hydrogens (tertiary/aromatic N) is 3. The SMILES string of the molecule is CC1(COc2ccc(S(=O)(=O)N=[N+]=[N-])cc2)CO1. The van der Waals surface area contributed by atoms with Crippen molar-refractivity contribution < 1.29 is 17.9 Å². The van der Waals surface area contributed by atoms with Crippen LogP contribution in [0.3, 0.4) is 0 Å². The predicted octanol–water partition coefficient (Wildman–Crippen LogP) is 1.85. The molecule has 1 atom stereocenters. The standard InChI is InChI=1S/C10H11N3O4S/c1-10(7-17-10)6-16-8-2-4-9(5-3-8)18(14,15)13-12-11/h2-5H,6-7H2,1H3. The molecular formula is C10H11N3O4S. The quantitative estimate of drug-likeness (QED) is 0.352. The zero-order chi connectivity index (χ0) is 13.2. The number of benzene rings is 1. The van der Waals surface area contributed by atoms with E-state index in [2.05, 4.69) is 9.43 Å². The molecule has 2 rings (SSSR count). The summed E-state index contributed by atoms with van der Waals surface area (Å²) >= 11 is 0. The van der Waals surface area contributed by atoms with Crippen LogP contribution in [0.25, 0.3) is 10.4 Å². The number of epoxide rings is 1. The highest BCUT2D eigenvalue weighted by atomic mass is 32.2. The summed E-state index contributed by atoms with van der Waals surface area (Å²) < 4.78 is 36.1. The van der Waals surface area contributed by atoms with Crippen LogP contribution in [0.15, 0.2) is 33.7 Å². The molecule has 1 aliphatic rings. The Bertz CT molecular complexity index is 586. The molecule has 1 saturated heterocycles. The molecule has 0 aromatic heterocycles. The number of sulfonamides is 1. The minimum Gasteiger partial charge on any atom is -0.491 e. The van der Waals surface area contributed by atoms with E-state index < -0.39 is 10.0 Å². The summed E-state index contributed by atoms with van der Waals surface area (Å²) in [4.78, 5) is 2.20. The van der Waals surface area contributed by atoms with Crippen LogP contribution >= 0.6 is 0 Å². The lowest BCUT2D eigenvalue weighted by molar-refractivity contribution is 0.202. The van der Waals surface area contributed by atoms with Gasteiger partial charge >= 0.3 is 0 Å². The van der Waals surface area contributed by atoms with Crippen molar-refractivity contribution in [3.8, 4) is 5.75 Å². The highest BCUT2D eigenvalue weighted by Crippen LogP contribution is 2.27. The fourth-order valence-corrected chi connectivity index (χ4v) is 1.92. The van der Waals surface area contributed by atoms with E-state index in [1.54, 1.807) is 0 Å². The molecular weight excluding hydrogens is 258 g/mol. The number of ether oxygens (including phenoxy) is 2. The fourth-order valence-electron chi connectivity index (χ4n) is 1.25. The molecule has 1 aromatic rings. The van der Waals surface area contributed by atoms with Gasteiger partial charge in [0.25, 0.3) is 10.0 Å². The Morgan fingerprint density at radius 3 is 2.61 bits per heavy atom. The van der Waals surface area contributed by atoms with Crippen LogP contribution in [0.2, 0.25) is 0 Å². The minimum atomic E-state index is -3.93. The molecule has 0 spiro atoms. The fraction of sp³-hybridized carbons (Fsp3) is 0.400. The summed E-state index contributed by atoms with van der Waals surface area (Å²) in [6.07, 6.45) is 0. The van der Waals surface area contributed by atoms with Crippen molar-refractivity contribution in [1.82, 2.24) is 0 Å². The number of hydrogen-bond donors (Lipinski definition) is 0. The summed E-state index contributed by atoms with van der Waals surface area (Å²) in [5, 5.41) is 0. The van der Waals surface area contributed by atoms with Gasteiger partial charge in [-0.3, -0.25) is 0 Å². The van der Waals surface area contributed by atoms with Gasteiger partial charge in [0.2, 0.25) is 0 Å². The third-order valence-corrected chi connectivity index (χ3v) is 3.60. The van der Waals surface area contributed by atoms with Crippen molar-refractivity contribution in [3.05, 3.63) is 34.7 Å². The van der Waals surface area contributed by atoms with Gasteiger partial charge in [0.1, 0.15) is 18.0 Å². The molecule has 96 valence electrons. The Balaban J connectivity index is 2.07. The Labute approximate surface area is 104 Å². The van der Waals surface area contributed by atoms with Crippen molar-refractivity contribution >= 4 is 10.0 Å². The van der Waals surface area contributed by atoms with E-state index in [4.69, 9.17) is 15.0 Å². The average Bonchev–Trinajstić information content (AvgIpc) is 3.06. The summed E-state index contributed by atoms with van der Waals surface area (Å²) in [5.74, 6) is 0.534. The second kappa shape index (κ2) is 4.49. The lowest BCUT2D eigenvalue weighted by Crippen LogP contribution is -2.16. The Morgan fingerprint density at radius 1 is 1.50 bits per heavy atom. The maximum Gasteiger partial charge on any atom is 0.264 e. The monoisotopic (exact) mass is 269 g/mol. The highest BCUT2D eigenvalue weighted by Gasteiger charge is 2.40. The predicted molar refractivity (Wildman–Crippen MR) is 62.6 cm³/mol. The van der Waals surface area contributed by atoms with Gasteiger partial charge in [-0.05, 0) is 36.7 Å². The van der Waals surface area contributed by atoms with Gasteiger partial charge in [-0.1, -0.05) is 0 Å². The summed E-state index contributed by atoms with van der Waals surface area (Å²) in [6.45, 7) is 3.00. The van der Waals surface area contributed by atoms with E-state index in [0.29, 0.717) is 19.0 Å². The summed E-state index contributed by atoms with van der Waals surface area (Å²) in [6, 6.07) is 5.67. The Morgan fingerprint density at radius 2 is 2.11 bits per heavy atom. The molecule has 0 radical (unpaired) electrons. The number of hydrogen-bond acceptors (Lipinski definition) is 4. The first-order chi connectivity index (χ1) is 8.45. The van der Waals surface area contributed by atoms with E-state index in [0.717, 1.165) is 0 Å². The van der Waals surface area contributed by atoms with Crippen LogP contribution in [-0.4, -0.2) is 27.2 Å². The van der Waals surface area contributed by atoms with E-state index >= 15 is 0 Å². The maximum absolute atomic E-state index is 11.4. The first-order valence-corrected chi connectivity index (χ1v) is 6.57. The van der Waals surface area contributed by atoms with Crippen LogP contribution in [0.5, 0.6) is 5.75 Å². The zero-order valence-corrected chi connectivity index (χ0v) is 10.4. The first-order valence-electron chi connectivity index (χ1n) is 5.13. The number of rotatable bonds is 5. The molecule has 0 N–H and O–H groups in total. The Kier molecular flexibility index (Phi) is 3.16. The molecule has 1 aliphatic heterocycles. The van der Waals surface area contributed by atoms with Crippen molar-refractivity contribution in [3.63, 3.8) is 0 Å². The summed E-state index contributed by atoms with van der Waals surface area (Å²) in [7, 11) is -3.93. The van der Waals surface area contributed by atoms with Gasteiger partial charge in [0.05, 0.1) is 11.5 Å². The molecule has 0 saturated carbocycles. The third-order valence-electron chi connectivity index (χ3n) is 2.45. The number of azide groups is 1. The molecule has 18 heavy (non-hydrogen) atoms. The first kappa shape index (κ1) is 12.7. The van der Waals surface area contributed by atoms with Gasteiger partial charge in [0, 0.05) is 9.43 Å². The van der Waals surface area contributed by atoms with E-state index in [-0.39, 0.29) is 10.5 Å². The van der Waals surface area contributed by atoms with Crippen molar-refractivity contribution in [2.75, 3.05) is 13.2 Å². The van der Waals surface area contributed by atoms with Crippen LogP contribution in [0.4, 0.5) is 0 Å². The van der Waals surface area contributed by atoms with Crippen molar-refractivity contribution in [2.24, 2.45) is 4.52 Å². The minimum absolute atomic E-state index is 0.0680. The largest absolute Gasteiger partial charge is 0.491 e. The zero-order valence-electron chi connectivity index (χ0n) is 9.61. The molecule has 1 unspecified atom stereocenters. The normalized spacial score (nSPS) is 22.1. The smallest absolute Gasteiger partial charge is 0.264 e. The Hall–Kier alpha value is -1.76. The van der Waals surface area contributed by atoms with Crippen LogP contribution in [-0.2, 0) is 14.8 Å². The van der Waals surface area contributed by atoms with Gasteiger partial charge in [-0.2, -0.15) is 0 Å². The molecule has 8 heteroatoms. The third kappa shape index (κ3) is 2.92. The highest BCUT2D eigenvalue weighted by molar-refractivity contribution is 7.90. The lowest BCUT2D eigenvalue weighted by Gasteiger charge is -2.08.